The first kappa shape index (κ1) is 15.7. The van der Waals surface area contributed by atoms with Crippen LogP contribution >= 0.6 is 0 Å². The average Bonchev–Trinajstić information content (AvgIpc) is 2.37. The van der Waals surface area contributed by atoms with Gasteiger partial charge in [-0.25, -0.2) is 9.18 Å². The SMILES string of the molecule is CC(Oc1ccc(F)cc1/C=C/C(=O)O)C(=O)N(C)C. The fourth-order valence-electron chi connectivity index (χ4n) is 1.52. The summed E-state index contributed by atoms with van der Waals surface area (Å²) in [4.78, 5) is 23.6. The first-order valence-electron chi connectivity index (χ1n) is 5.89. The van der Waals surface area contributed by atoms with E-state index in [1.165, 1.54) is 23.1 Å². The van der Waals surface area contributed by atoms with Crippen LogP contribution < -0.4 is 4.74 Å². The normalized spacial score (nSPS) is 12.2. The van der Waals surface area contributed by atoms with E-state index in [0.717, 1.165) is 12.1 Å². The third kappa shape index (κ3) is 4.38. The molecule has 0 saturated carbocycles. The Labute approximate surface area is 116 Å². The molecule has 1 atom stereocenters. The zero-order valence-electron chi connectivity index (χ0n) is 11.5. The van der Waals surface area contributed by atoms with Gasteiger partial charge in [0, 0.05) is 25.7 Å². The van der Waals surface area contributed by atoms with Crippen molar-refractivity contribution >= 4 is 18.0 Å². The first-order valence-corrected chi connectivity index (χ1v) is 5.89. The summed E-state index contributed by atoms with van der Waals surface area (Å²) >= 11 is 0. The van der Waals surface area contributed by atoms with E-state index in [-0.39, 0.29) is 17.2 Å². The van der Waals surface area contributed by atoms with Crippen molar-refractivity contribution in [1.29, 1.82) is 0 Å². The fourth-order valence-corrected chi connectivity index (χ4v) is 1.52. The van der Waals surface area contributed by atoms with Crippen LogP contribution in [-0.2, 0) is 9.59 Å². The largest absolute Gasteiger partial charge is 0.480 e. The summed E-state index contributed by atoms with van der Waals surface area (Å²) in [7, 11) is 3.19. The van der Waals surface area contributed by atoms with Crippen molar-refractivity contribution < 1.29 is 23.8 Å². The van der Waals surface area contributed by atoms with E-state index in [4.69, 9.17) is 9.84 Å². The molecule has 5 nitrogen and oxygen atoms in total. The molecule has 1 N–H and O–H groups in total. The second-order valence-corrected chi connectivity index (χ2v) is 4.35. The molecule has 0 aliphatic heterocycles. The summed E-state index contributed by atoms with van der Waals surface area (Å²) in [5.41, 5.74) is 0.255. The Kier molecular flexibility index (Phi) is 5.25. The van der Waals surface area contributed by atoms with Gasteiger partial charge in [0.1, 0.15) is 11.6 Å². The lowest BCUT2D eigenvalue weighted by molar-refractivity contribution is -0.135. The minimum absolute atomic E-state index is 0.242. The maximum atomic E-state index is 13.2. The number of likely N-dealkylation sites (N-methyl/N-ethyl adjacent to an activating group) is 1. The Balaban J connectivity index is 3.00. The van der Waals surface area contributed by atoms with Crippen molar-refractivity contribution in [2.24, 2.45) is 0 Å². The second-order valence-electron chi connectivity index (χ2n) is 4.35. The number of carbonyl (C=O) groups excluding carboxylic acids is 1. The Morgan fingerprint density at radius 3 is 2.60 bits per heavy atom. The summed E-state index contributed by atoms with van der Waals surface area (Å²) in [5.74, 6) is -1.68. The van der Waals surface area contributed by atoms with E-state index in [9.17, 15) is 14.0 Å². The fraction of sp³-hybridized carbons (Fsp3) is 0.286. The van der Waals surface area contributed by atoms with Crippen LogP contribution in [0.3, 0.4) is 0 Å². The van der Waals surface area contributed by atoms with Gasteiger partial charge < -0.3 is 14.7 Å². The lowest BCUT2D eigenvalue weighted by atomic mass is 10.1. The molecule has 0 aromatic heterocycles. The number of hydrogen-bond acceptors (Lipinski definition) is 3. The number of aliphatic carboxylic acids is 1. The topological polar surface area (TPSA) is 66.8 Å². The maximum Gasteiger partial charge on any atom is 0.328 e. The molecule has 1 rings (SSSR count). The van der Waals surface area contributed by atoms with E-state index in [0.29, 0.717) is 0 Å². The summed E-state index contributed by atoms with van der Waals surface area (Å²) in [5, 5.41) is 8.60. The minimum Gasteiger partial charge on any atom is -0.480 e. The van der Waals surface area contributed by atoms with Gasteiger partial charge in [0.15, 0.2) is 6.10 Å². The van der Waals surface area contributed by atoms with E-state index in [1.807, 2.05) is 0 Å². The van der Waals surface area contributed by atoms with Crippen molar-refractivity contribution in [3.8, 4) is 5.75 Å². The van der Waals surface area contributed by atoms with Crippen LogP contribution in [0.4, 0.5) is 4.39 Å². The van der Waals surface area contributed by atoms with E-state index in [1.54, 1.807) is 21.0 Å². The van der Waals surface area contributed by atoms with Gasteiger partial charge in [-0.3, -0.25) is 4.79 Å². The van der Waals surface area contributed by atoms with Crippen LogP contribution in [0.25, 0.3) is 6.08 Å². The smallest absolute Gasteiger partial charge is 0.328 e. The van der Waals surface area contributed by atoms with Crippen LogP contribution in [0.15, 0.2) is 24.3 Å². The molecule has 0 saturated heterocycles. The minimum atomic E-state index is -1.15. The Hall–Kier alpha value is -2.37. The molecule has 1 unspecified atom stereocenters. The highest BCUT2D eigenvalue weighted by Gasteiger charge is 2.17. The predicted molar refractivity (Wildman–Crippen MR) is 71.9 cm³/mol. The summed E-state index contributed by atoms with van der Waals surface area (Å²) < 4.78 is 18.6. The summed E-state index contributed by atoms with van der Waals surface area (Å²) in [6, 6.07) is 3.68. The highest BCUT2D eigenvalue weighted by molar-refractivity contribution is 5.86. The third-order valence-corrected chi connectivity index (χ3v) is 2.47. The van der Waals surface area contributed by atoms with Gasteiger partial charge in [-0.1, -0.05) is 0 Å². The van der Waals surface area contributed by atoms with Crippen LogP contribution in [0.5, 0.6) is 5.75 Å². The van der Waals surface area contributed by atoms with Crippen LogP contribution in [-0.4, -0.2) is 42.1 Å². The molecule has 0 heterocycles. The maximum absolute atomic E-state index is 13.2. The number of halogens is 1. The molecular formula is C14H16FNO4. The van der Waals surface area contributed by atoms with Crippen LogP contribution in [0.1, 0.15) is 12.5 Å². The summed E-state index contributed by atoms with van der Waals surface area (Å²) in [6.45, 7) is 1.57. The van der Waals surface area contributed by atoms with E-state index in [2.05, 4.69) is 0 Å². The molecule has 0 fully saturated rings. The molecule has 20 heavy (non-hydrogen) atoms. The van der Waals surface area contributed by atoms with Crippen molar-refractivity contribution in [3.05, 3.63) is 35.7 Å². The quantitative estimate of drug-likeness (QED) is 0.835. The summed E-state index contributed by atoms with van der Waals surface area (Å²) in [6.07, 6.45) is 1.33. The molecular weight excluding hydrogens is 265 g/mol. The number of hydrogen-bond donors (Lipinski definition) is 1. The molecule has 0 radical (unpaired) electrons. The lowest BCUT2D eigenvalue weighted by Gasteiger charge is -2.19. The van der Waals surface area contributed by atoms with Crippen LogP contribution in [0.2, 0.25) is 0 Å². The Morgan fingerprint density at radius 1 is 1.40 bits per heavy atom. The number of rotatable bonds is 5. The van der Waals surface area contributed by atoms with Gasteiger partial charge in [0.25, 0.3) is 5.91 Å². The van der Waals surface area contributed by atoms with Crippen molar-refractivity contribution in [3.63, 3.8) is 0 Å². The molecule has 1 amide bonds. The van der Waals surface area contributed by atoms with E-state index >= 15 is 0 Å². The number of nitrogens with zero attached hydrogens (tertiary/aromatic N) is 1. The number of carboxylic acids is 1. The van der Waals surface area contributed by atoms with Gasteiger partial charge >= 0.3 is 5.97 Å². The molecule has 0 bridgehead atoms. The average molecular weight is 281 g/mol. The van der Waals surface area contributed by atoms with Crippen molar-refractivity contribution in [1.82, 2.24) is 4.90 Å². The second kappa shape index (κ2) is 6.70. The molecule has 1 aromatic rings. The number of carbonyl (C=O) groups is 2. The number of ether oxygens (including phenoxy) is 1. The van der Waals surface area contributed by atoms with Gasteiger partial charge in [-0.05, 0) is 31.2 Å². The Morgan fingerprint density at radius 2 is 2.05 bits per heavy atom. The number of benzene rings is 1. The Bertz CT molecular complexity index is 540. The molecule has 0 spiro atoms. The predicted octanol–water partition coefficient (Wildman–Crippen LogP) is 1.78. The van der Waals surface area contributed by atoms with Gasteiger partial charge in [0.2, 0.25) is 0 Å². The van der Waals surface area contributed by atoms with Gasteiger partial charge in [-0.2, -0.15) is 0 Å². The number of carboxylic acid groups (broad SMARTS) is 1. The number of amides is 1. The van der Waals surface area contributed by atoms with Crippen molar-refractivity contribution in [2.45, 2.75) is 13.0 Å². The van der Waals surface area contributed by atoms with Gasteiger partial charge in [0.05, 0.1) is 0 Å². The molecule has 0 aliphatic carbocycles. The van der Waals surface area contributed by atoms with E-state index < -0.39 is 17.9 Å². The van der Waals surface area contributed by atoms with Crippen molar-refractivity contribution in [2.75, 3.05) is 14.1 Å². The monoisotopic (exact) mass is 281 g/mol. The standard InChI is InChI=1S/C14H16FNO4/c1-9(14(19)16(2)3)20-12-6-5-11(15)8-10(12)4-7-13(17)18/h4-9H,1-3H3,(H,17,18)/b7-4+. The molecule has 0 aliphatic rings. The molecule has 1 aromatic carbocycles. The zero-order chi connectivity index (χ0) is 15.3. The highest BCUT2D eigenvalue weighted by Crippen LogP contribution is 2.22. The van der Waals surface area contributed by atoms with Gasteiger partial charge in [-0.15, -0.1) is 0 Å². The molecule has 6 heteroatoms. The van der Waals surface area contributed by atoms with Crippen LogP contribution in [0, 0.1) is 5.82 Å². The highest BCUT2D eigenvalue weighted by atomic mass is 19.1. The first-order chi connectivity index (χ1) is 9.31. The lowest BCUT2D eigenvalue weighted by Crippen LogP contribution is -2.35. The zero-order valence-corrected chi connectivity index (χ0v) is 11.5. The third-order valence-electron chi connectivity index (χ3n) is 2.47. The molecule has 108 valence electrons.